The van der Waals surface area contributed by atoms with Gasteiger partial charge in [0.25, 0.3) is 0 Å². The van der Waals surface area contributed by atoms with E-state index in [9.17, 15) is 4.79 Å². The second-order valence-electron chi connectivity index (χ2n) is 9.46. The maximum Gasteiger partial charge on any atom is 0.322 e. The Morgan fingerprint density at radius 2 is 1.68 bits per heavy atom. The second-order valence-corrected chi connectivity index (χ2v) is 9.46. The molecule has 1 atom stereocenters. The lowest BCUT2D eigenvalue weighted by Crippen LogP contribution is -2.38. The molecule has 0 saturated heterocycles. The molecule has 1 aliphatic rings. The largest absolute Gasteiger partial charge is 0.322 e. The highest BCUT2D eigenvalue weighted by molar-refractivity contribution is 5.91. The number of nitrogens with zero attached hydrogens (tertiary/aromatic N) is 2. The number of hydrogen-bond donors (Lipinski definition) is 1. The first kappa shape index (κ1) is 22.0. The predicted molar refractivity (Wildman–Crippen MR) is 139 cm³/mol. The molecule has 0 spiro atoms. The molecule has 34 heavy (non-hydrogen) atoms. The molecule has 4 heteroatoms. The van der Waals surface area contributed by atoms with Gasteiger partial charge in [0.05, 0.1) is 18.3 Å². The first-order valence-electron chi connectivity index (χ1n) is 11.9. The summed E-state index contributed by atoms with van der Waals surface area (Å²) in [4.78, 5) is 15.9. The van der Waals surface area contributed by atoms with Crippen molar-refractivity contribution in [3.63, 3.8) is 0 Å². The quantitative estimate of drug-likeness (QED) is 0.349. The monoisotopic (exact) mass is 449 g/mol. The number of aryl methyl sites for hydroxylation is 1. The molecular weight excluding hydrogens is 418 g/mol. The van der Waals surface area contributed by atoms with E-state index in [1.807, 2.05) is 23.1 Å². The van der Waals surface area contributed by atoms with Crippen molar-refractivity contribution in [3.8, 4) is 5.69 Å². The molecule has 172 valence electrons. The zero-order valence-electron chi connectivity index (χ0n) is 20.2. The lowest BCUT2D eigenvalue weighted by Gasteiger charge is -2.31. The molecule has 4 aromatic rings. The highest BCUT2D eigenvalue weighted by Gasteiger charge is 2.33. The fraction of sp³-hybridized carbons (Fsp3) is 0.233. The van der Waals surface area contributed by atoms with Crippen molar-refractivity contribution < 1.29 is 4.79 Å². The van der Waals surface area contributed by atoms with E-state index in [0.29, 0.717) is 12.5 Å². The molecule has 1 aromatic heterocycles. The number of fused-ring (bicyclic) bond motifs is 3. The molecule has 1 aliphatic heterocycles. The summed E-state index contributed by atoms with van der Waals surface area (Å²) >= 11 is 0. The number of urea groups is 1. The Hall–Kier alpha value is -3.79. The third-order valence-electron chi connectivity index (χ3n) is 6.99. The Morgan fingerprint density at radius 3 is 2.44 bits per heavy atom. The van der Waals surface area contributed by atoms with Gasteiger partial charge in [0.1, 0.15) is 0 Å². The highest BCUT2D eigenvalue weighted by Crippen LogP contribution is 2.37. The molecule has 0 bridgehead atoms. The molecule has 0 fully saturated rings. The predicted octanol–water partition coefficient (Wildman–Crippen LogP) is 7.35. The third-order valence-corrected chi connectivity index (χ3v) is 6.99. The van der Waals surface area contributed by atoms with Crippen LogP contribution in [0.5, 0.6) is 0 Å². The topological polar surface area (TPSA) is 37.3 Å². The van der Waals surface area contributed by atoms with Gasteiger partial charge in [-0.3, -0.25) is 0 Å². The Bertz CT molecular complexity index is 1330. The van der Waals surface area contributed by atoms with Gasteiger partial charge in [0, 0.05) is 17.6 Å². The fourth-order valence-corrected chi connectivity index (χ4v) is 4.83. The molecule has 0 unspecified atom stereocenters. The maximum absolute atomic E-state index is 13.9. The van der Waals surface area contributed by atoms with Crippen molar-refractivity contribution >= 4 is 11.7 Å². The first-order valence-corrected chi connectivity index (χ1v) is 11.9. The summed E-state index contributed by atoms with van der Waals surface area (Å²) in [5, 5.41) is 3.21. The summed E-state index contributed by atoms with van der Waals surface area (Å²) < 4.78 is 2.22. The van der Waals surface area contributed by atoms with Crippen LogP contribution in [0.3, 0.4) is 0 Å². The number of rotatable bonds is 3. The number of hydrogen-bond acceptors (Lipinski definition) is 1. The van der Waals surface area contributed by atoms with E-state index < -0.39 is 0 Å². The Balaban J connectivity index is 1.62. The van der Waals surface area contributed by atoms with Gasteiger partial charge in [-0.15, -0.1) is 0 Å². The molecule has 2 amide bonds. The van der Waals surface area contributed by atoms with Crippen LogP contribution < -0.4 is 5.32 Å². The average molecular weight is 450 g/mol. The van der Waals surface area contributed by atoms with E-state index in [1.165, 1.54) is 5.56 Å². The summed E-state index contributed by atoms with van der Waals surface area (Å²) in [6, 6.07) is 27.0. The van der Waals surface area contributed by atoms with Gasteiger partial charge < -0.3 is 14.8 Å². The van der Waals surface area contributed by atoms with E-state index in [1.54, 1.807) is 0 Å². The van der Waals surface area contributed by atoms with Gasteiger partial charge in [-0.2, -0.15) is 0 Å². The number of aromatic nitrogens is 1. The van der Waals surface area contributed by atoms with Gasteiger partial charge in [0.2, 0.25) is 0 Å². The fourth-order valence-electron chi connectivity index (χ4n) is 4.83. The maximum atomic E-state index is 13.9. The van der Waals surface area contributed by atoms with Gasteiger partial charge in [0.15, 0.2) is 0 Å². The molecular formula is C30H31N3O. The number of carbonyl (C=O) groups excluding carboxylic acids is 1. The van der Waals surface area contributed by atoms with Crippen LogP contribution in [-0.2, 0) is 6.54 Å². The number of anilines is 1. The van der Waals surface area contributed by atoms with Crippen molar-refractivity contribution in [1.29, 1.82) is 0 Å². The Labute approximate surface area is 201 Å². The van der Waals surface area contributed by atoms with Crippen LogP contribution in [0.1, 0.15) is 59.3 Å². The van der Waals surface area contributed by atoms with E-state index in [0.717, 1.165) is 39.3 Å². The zero-order chi connectivity index (χ0) is 23.8. The first-order chi connectivity index (χ1) is 16.4. The van der Waals surface area contributed by atoms with Gasteiger partial charge in [-0.05, 0) is 71.8 Å². The van der Waals surface area contributed by atoms with Crippen molar-refractivity contribution in [2.75, 3.05) is 5.32 Å². The summed E-state index contributed by atoms with van der Waals surface area (Å²) in [7, 11) is 0. The van der Waals surface area contributed by atoms with E-state index >= 15 is 0 Å². The number of amides is 2. The van der Waals surface area contributed by atoms with Crippen LogP contribution in [-0.4, -0.2) is 15.5 Å². The molecule has 3 aromatic carbocycles. The number of para-hydroxylation sites is 1. The molecule has 0 aliphatic carbocycles. The molecule has 0 saturated carbocycles. The second kappa shape index (κ2) is 8.86. The summed E-state index contributed by atoms with van der Waals surface area (Å²) in [5.74, 6) is 0.458. The van der Waals surface area contributed by atoms with Crippen LogP contribution in [0.25, 0.3) is 5.69 Å². The van der Waals surface area contributed by atoms with Crippen LogP contribution in [0.15, 0.2) is 85.1 Å². The van der Waals surface area contributed by atoms with Crippen molar-refractivity contribution in [2.45, 2.75) is 46.2 Å². The number of benzene rings is 3. The van der Waals surface area contributed by atoms with E-state index in [-0.39, 0.29) is 12.1 Å². The lowest BCUT2D eigenvalue weighted by molar-refractivity contribution is 0.194. The molecule has 2 heterocycles. The standard InChI is InChI=1S/C30H31N3O/c1-20(2)23-14-16-24(17-15-23)29-28-13-8-18-32(28)27-12-6-5-10-25(27)19-33(29)30(34)31-26-11-7-9-21(3)22(26)4/h5-18,20,29H,19H2,1-4H3,(H,31,34)/t29-/m0/s1. The minimum atomic E-state index is -0.214. The average Bonchev–Trinajstić information content (AvgIpc) is 3.26. The normalized spacial score (nSPS) is 15.0. The Morgan fingerprint density at radius 1 is 0.912 bits per heavy atom. The van der Waals surface area contributed by atoms with Crippen LogP contribution in [0.4, 0.5) is 10.5 Å². The van der Waals surface area contributed by atoms with Gasteiger partial charge in [-0.25, -0.2) is 4.79 Å². The van der Waals surface area contributed by atoms with Crippen molar-refractivity contribution in [3.05, 3.63) is 119 Å². The van der Waals surface area contributed by atoms with Crippen molar-refractivity contribution in [1.82, 2.24) is 9.47 Å². The number of nitrogens with one attached hydrogen (secondary N) is 1. The molecule has 5 rings (SSSR count). The smallest absolute Gasteiger partial charge is 0.318 e. The summed E-state index contributed by atoms with van der Waals surface area (Å²) in [5.41, 5.74) is 8.83. The lowest BCUT2D eigenvalue weighted by atomic mass is 9.97. The minimum absolute atomic E-state index is 0.101. The SMILES string of the molecule is Cc1cccc(NC(=O)N2Cc3ccccc3-n3cccc3[C@@H]2c2ccc(C(C)C)cc2)c1C. The molecule has 0 radical (unpaired) electrons. The highest BCUT2D eigenvalue weighted by atomic mass is 16.2. The van der Waals surface area contributed by atoms with E-state index in [2.05, 4.69) is 104 Å². The van der Waals surface area contributed by atoms with Crippen LogP contribution >= 0.6 is 0 Å². The Kier molecular flexibility index (Phi) is 5.74. The molecule has 4 nitrogen and oxygen atoms in total. The van der Waals surface area contributed by atoms with Crippen LogP contribution in [0.2, 0.25) is 0 Å². The molecule has 1 N–H and O–H groups in total. The number of carbonyl (C=O) groups is 1. The van der Waals surface area contributed by atoms with Gasteiger partial charge >= 0.3 is 6.03 Å². The van der Waals surface area contributed by atoms with Gasteiger partial charge in [-0.1, -0.05) is 68.4 Å². The zero-order valence-corrected chi connectivity index (χ0v) is 20.2. The third kappa shape index (κ3) is 3.90. The van der Waals surface area contributed by atoms with Crippen molar-refractivity contribution in [2.24, 2.45) is 0 Å². The minimum Gasteiger partial charge on any atom is -0.318 e. The van der Waals surface area contributed by atoms with Crippen LogP contribution in [0, 0.1) is 13.8 Å². The summed E-state index contributed by atoms with van der Waals surface area (Å²) in [6.07, 6.45) is 2.09. The van der Waals surface area contributed by atoms with E-state index in [4.69, 9.17) is 0 Å². The summed E-state index contributed by atoms with van der Waals surface area (Å²) in [6.45, 7) is 9.04.